The summed E-state index contributed by atoms with van der Waals surface area (Å²) in [5, 5.41) is 3.48. The first-order chi connectivity index (χ1) is 19.3. The topological polar surface area (TPSA) is 108 Å². The summed E-state index contributed by atoms with van der Waals surface area (Å²) in [6.07, 6.45) is 4.92. The molecule has 3 aliphatic rings. The number of nitrogens with one attached hydrogen (secondary N) is 1. The number of nitrogens with zero attached hydrogens (tertiary/aromatic N) is 3. The monoisotopic (exact) mass is 567 g/mol. The molecule has 2 aromatic carbocycles. The summed E-state index contributed by atoms with van der Waals surface area (Å²) >= 11 is 6.13. The van der Waals surface area contributed by atoms with E-state index in [0.717, 1.165) is 71.4 Å². The molecule has 0 atom stereocenters. The van der Waals surface area contributed by atoms with Crippen LogP contribution in [0.4, 0.5) is 5.69 Å². The van der Waals surface area contributed by atoms with Gasteiger partial charge in [-0.05, 0) is 75.9 Å². The van der Waals surface area contributed by atoms with Crippen molar-refractivity contribution in [3.8, 4) is 5.75 Å². The average molecular weight is 568 g/mol. The molecule has 0 bridgehead atoms. The second-order valence-corrected chi connectivity index (χ2v) is 11.5. The van der Waals surface area contributed by atoms with E-state index in [4.69, 9.17) is 22.1 Å². The molecule has 5 rings (SSSR count). The van der Waals surface area contributed by atoms with Gasteiger partial charge in [0.1, 0.15) is 5.75 Å². The quantitative estimate of drug-likeness (QED) is 0.352. The summed E-state index contributed by atoms with van der Waals surface area (Å²) < 4.78 is 5.33. The van der Waals surface area contributed by atoms with E-state index in [1.54, 1.807) is 36.4 Å². The van der Waals surface area contributed by atoms with Crippen molar-refractivity contribution in [2.75, 3.05) is 58.7 Å². The van der Waals surface area contributed by atoms with Crippen molar-refractivity contribution in [3.05, 3.63) is 58.1 Å². The molecule has 3 amide bonds. The molecule has 0 saturated carbocycles. The van der Waals surface area contributed by atoms with Crippen LogP contribution in [0, 0.1) is 5.92 Å². The molecule has 9 nitrogen and oxygen atoms in total. The van der Waals surface area contributed by atoms with Crippen molar-refractivity contribution in [2.24, 2.45) is 5.92 Å². The molecule has 2 aromatic rings. The average Bonchev–Trinajstić information content (AvgIpc) is 3.21. The fourth-order valence-electron chi connectivity index (χ4n) is 6.09. The number of halogens is 1. The van der Waals surface area contributed by atoms with Crippen LogP contribution in [0.3, 0.4) is 0 Å². The van der Waals surface area contributed by atoms with Gasteiger partial charge in [0.05, 0.1) is 34.5 Å². The summed E-state index contributed by atoms with van der Waals surface area (Å²) in [5.74, 6) is 0.563. The number of ether oxygens (including phenoxy) is 1. The van der Waals surface area contributed by atoms with E-state index in [1.807, 2.05) is 0 Å². The number of methoxy groups -OCH3 is 1. The van der Waals surface area contributed by atoms with Gasteiger partial charge >= 0.3 is 0 Å². The molecule has 0 aliphatic carbocycles. The number of anilines is 1. The number of fused-ring (bicyclic) bond motifs is 1. The zero-order chi connectivity index (χ0) is 28.2. The molecule has 2 saturated heterocycles. The van der Waals surface area contributed by atoms with Gasteiger partial charge < -0.3 is 25.6 Å². The number of piperidine rings is 2. The van der Waals surface area contributed by atoms with Crippen LogP contribution in [0.15, 0.2) is 36.4 Å². The predicted molar refractivity (Wildman–Crippen MR) is 155 cm³/mol. The number of rotatable bonds is 9. The number of carbonyl (C=O) groups is 3. The highest BCUT2D eigenvalue weighted by molar-refractivity contribution is 6.33. The zero-order valence-corrected chi connectivity index (χ0v) is 23.8. The number of amides is 3. The van der Waals surface area contributed by atoms with Crippen molar-refractivity contribution in [2.45, 2.75) is 38.1 Å². The van der Waals surface area contributed by atoms with E-state index < -0.39 is 0 Å². The smallest absolute Gasteiger partial charge is 0.261 e. The van der Waals surface area contributed by atoms with Crippen LogP contribution >= 0.6 is 11.6 Å². The summed E-state index contributed by atoms with van der Waals surface area (Å²) in [6.45, 7) is 6.47. The van der Waals surface area contributed by atoms with Gasteiger partial charge in [0.25, 0.3) is 17.7 Å². The third-order valence-corrected chi connectivity index (χ3v) is 8.77. The largest absolute Gasteiger partial charge is 0.496 e. The Morgan fingerprint density at radius 1 is 0.975 bits per heavy atom. The molecule has 0 spiro atoms. The highest BCUT2D eigenvalue weighted by atomic mass is 35.5. The number of benzene rings is 2. The Kier molecular flexibility index (Phi) is 8.93. The molecule has 2 fully saturated rings. The van der Waals surface area contributed by atoms with Gasteiger partial charge in [0, 0.05) is 38.3 Å². The van der Waals surface area contributed by atoms with E-state index in [1.165, 1.54) is 12.0 Å². The van der Waals surface area contributed by atoms with Crippen LogP contribution in [0.1, 0.15) is 63.2 Å². The zero-order valence-electron chi connectivity index (χ0n) is 23.0. The number of likely N-dealkylation sites (tertiary alicyclic amines) is 2. The SMILES string of the molecule is COc1cc(N)c(Cl)cc1C(=O)NC1CCN(CC2CCN(CCCN3C(=O)c4ccccc4C3=O)CC2)CC1. The van der Waals surface area contributed by atoms with E-state index in [-0.39, 0.29) is 23.8 Å². The van der Waals surface area contributed by atoms with Crippen LogP contribution < -0.4 is 15.8 Å². The van der Waals surface area contributed by atoms with Crippen LogP contribution in [0.25, 0.3) is 0 Å². The molecule has 40 heavy (non-hydrogen) atoms. The lowest BCUT2D eigenvalue weighted by molar-refractivity contribution is 0.0641. The maximum absolute atomic E-state index is 12.9. The molecule has 3 heterocycles. The minimum atomic E-state index is -0.187. The number of nitrogen functional groups attached to an aromatic ring is 1. The minimum Gasteiger partial charge on any atom is -0.496 e. The summed E-state index contributed by atoms with van der Waals surface area (Å²) in [6, 6.07) is 10.3. The normalized spacial score (nSPS) is 19.2. The van der Waals surface area contributed by atoms with E-state index in [2.05, 4.69) is 15.1 Å². The summed E-state index contributed by atoms with van der Waals surface area (Å²) in [5.41, 5.74) is 7.67. The Hall–Kier alpha value is -3.14. The molecule has 0 unspecified atom stereocenters. The number of hydrogen-bond acceptors (Lipinski definition) is 7. The molecule has 0 aromatic heterocycles. The van der Waals surface area contributed by atoms with Crippen molar-refractivity contribution in [3.63, 3.8) is 0 Å². The Balaban J connectivity index is 0.992. The van der Waals surface area contributed by atoms with E-state index in [9.17, 15) is 14.4 Å². The first-order valence-electron chi connectivity index (χ1n) is 14.2. The van der Waals surface area contributed by atoms with Crippen molar-refractivity contribution in [1.29, 1.82) is 0 Å². The molecule has 3 aliphatic heterocycles. The molecular weight excluding hydrogens is 530 g/mol. The Bertz CT molecular complexity index is 1220. The number of hydrogen-bond donors (Lipinski definition) is 2. The van der Waals surface area contributed by atoms with E-state index >= 15 is 0 Å². The number of nitrogens with two attached hydrogens (primary N) is 1. The molecular formula is C30H38ClN5O4. The lowest BCUT2D eigenvalue weighted by Crippen LogP contribution is -2.47. The fourth-order valence-corrected chi connectivity index (χ4v) is 6.25. The first kappa shape index (κ1) is 28.4. The van der Waals surface area contributed by atoms with Gasteiger partial charge in [-0.15, -0.1) is 0 Å². The molecule has 10 heteroatoms. The van der Waals surface area contributed by atoms with Crippen LogP contribution in [-0.2, 0) is 0 Å². The highest BCUT2D eigenvalue weighted by Gasteiger charge is 2.34. The maximum atomic E-state index is 12.9. The Morgan fingerprint density at radius 2 is 1.60 bits per heavy atom. The lowest BCUT2D eigenvalue weighted by atomic mass is 9.94. The summed E-state index contributed by atoms with van der Waals surface area (Å²) in [7, 11) is 1.51. The third-order valence-electron chi connectivity index (χ3n) is 8.44. The van der Waals surface area contributed by atoms with Gasteiger partial charge in [-0.25, -0.2) is 0 Å². The minimum absolute atomic E-state index is 0.119. The number of carbonyl (C=O) groups excluding carboxylic acids is 3. The molecule has 214 valence electrons. The van der Waals surface area contributed by atoms with Gasteiger partial charge in [0.15, 0.2) is 0 Å². The standard InChI is InChI=1S/C30H38ClN5O4/c1-40-27-18-26(32)25(31)17-24(27)28(37)33-21-9-15-35(16-10-21)19-20-7-13-34(14-8-20)11-4-12-36-29(38)22-5-2-3-6-23(22)30(36)39/h2-3,5-6,17-18,20-21H,4,7-16,19,32H2,1H3,(H,33,37). The first-order valence-corrected chi connectivity index (χ1v) is 14.6. The number of imide groups is 1. The van der Waals surface area contributed by atoms with Crippen LogP contribution in [0.5, 0.6) is 5.75 Å². The molecule has 0 radical (unpaired) electrons. The van der Waals surface area contributed by atoms with Gasteiger partial charge in [-0.1, -0.05) is 23.7 Å². The summed E-state index contributed by atoms with van der Waals surface area (Å²) in [4.78, 5) is 44.4. The van der Waals surface area contributed by atoms with Crippen LogP contribution in [-0.4, -0.2) is 91.4 Å². The second-order valence-electron chi connectivity index (χ2n) is 11.1. The van der Waals surface area contributed by atoms with Crippen molar-refractivity contribution >= 4 is 35.0 Å². The molecule has 3 N–H and O–H groups in total. The third kappa shape index (κ3) is 6.27. The van der Waals surface area contributed by atoms with Crippen LogP contribution in [0.2, 0.25) is 5.02 Å². The second kappa shape index (κ2) is 12.6. The van der Waals surface area contributed by atoms with Gasteiger partial charge in [-0.2, -0.15) is 0 Å². The Labute approximate surface area is 240 Å². The van der Waals surface area contributed by atoms with E-state index in [0.29, 0.717) is 45.6 Å². The highest BCUT2D eigenvalue weighted by Crippen LogP contribution is 2.29. The van der Waals surface area contributed by atoms with Gasteiger partial charge in [-0.3, -0.25) is 19.3 Å². The lowest BCUT2D eigenvalue weighted by Gasteiger charge is -2.38. The van der Waals surface area contributed by atoms with Crippen molar-refractivity contribution < 1.29 is 19.1 Å². The van der Waals surface area contributed by atoms with Crippen molar-refractivity contribution in [1.82, 2.24) is 20.0 Å². The maximum Gasteiger partial charge on any atom is 0.261 e. The van der Waals surface area contributed by atoms with Gasteiger partial charge in [0.2, 0.25) is 0 Å². The Morgan fingerprint density at radius 3 is 2.23 bits per heavy atom. The predicted octanol–water partition coefficient (Wildman–Crippen LogP) is 3.52. The fraction of sp³-hybridized carbons (Fsp3) is 0.500.